The van der Waals surface area contributed by atoms with Gasteiger partial charge in [-0.2, -0.15) is 5.26 Å². The summed E-state index contributed by atoms with van der Waals surface area (Å²) in [6.45, 7) is 1.78. The highest BCUT2D eigenvalue weighted by molar-refractivity contribution is 6.10. The van der Waals surface area contributed by atoms with Gasteiger partial charge in [-0.15, -0.1) is 0 Å². The molecular formula is C17H16N2O4. The second-order valence-corrected chi connectivity index (χ2v) is 4.64. The molecule has 0 aliphatic rings. The van der Waals surface area contributed by atoms with E-state index in [1.165, 1.54) is 20.3 Å². The van der Waals surface area contributed by atoms with Crippen molar-refractivity contribution in [2.45, 2.75) is 6.92 Å². The molecule has 0 radical (unpaired) electrons. The highest BCUT2D eigenvalue weighted by Crippen LogP contribution is 2.29. The molecule has 0 unspecified atom stereocenters. The van der Waals surface area contributed by atoms with Crippen molar-refractivity contribution in [1.29, 1.82) is 5.26 Å². The van der Waals surface area contributed by atoms with Crippen LogP contribution in [0.4, 0.5) is 5.69 Å². The molecule has 0 saturated heterocycles. The van der Waals surface area contributed by atoms with Gasteiger partial charge in [0.2, 0.25) is 0 Å². The molecule has 0 aliphatic heterocycles. The average molecular weight is 312 g/mol. The summed E-state index contributed by atoms with van der Waals surface area (Å²) in [6, 6.07) is 10.3. The normalized spacial score (nSPS) is 10.8. The van der Waals surface area contributed by atoms with Crippen molar-refractivity contribution in [3.8, 4) is 17.6 Å². The predicted octanol–water partition coefficient (Wildman–Crippen LogP) is 3.15. The molecular weight excluding hydrogens is 296 g/mol. The van der Waals surface area contributed by atoms with Crippen LogP contribution in [0.2, 0.25) is 0 Å². The fraction of sp³-hybridized carbons (Fsp3) is 0.176. The molecule has 0 atom stereocenters. The van der Waals surface area contributed by atoms with E-state index >= 15 is 0 Å². The van der Waals surface area contributed by atoms with E-state index in [2.05, 4.69) is 5.32 Å². The van der Waals surface area contributed by atoms with Gasteiger partial charge in [0.1, 0.15) is 34.7 Å². The van der Waals surface area contributed by atoms with Crippen LogP contribution in [0.25, 0.3) is 6.08 Å². The molecule has 6 heteroatoms. The van der Waals surface area contributed by atoms with Crippen LogP contribution in [0, 0.1) is 18.3 Å². The molecule has 0 saturated carbocycles. The molecule has 118 valence electrons. The van der Waals surface area contributed by atoms with Crippen LogP contribution in [-0.2, 0) is 4.79 Å². The van der Waals surface area contributed by atoms with Gasteiger partial charge < -0.3 is 19.2 Å². The molecule has 0 aliphatic carbocycles. The number of benzene rings is 1. The third kappa shape index (κ3) is 3.92. The molecule has 0 spiro atoms. The van der Waals surface area contributed by atoms with Gasteiger partial charge >= 0.3 is 0 Å². The standard InChI is InChI=1S/C17H16N2O4/c1-11-4-5-14(23-11)8-12(10-18)17(20)19-15-9-13(21-2)6-7-16(15)22-3/h4-9H,1-3H3,(H,19,20)/b12-8+. The second kappa shape index (κ2) is 7.18. The summed E-state index contributed by atoms with van der Waals surface area (Å²) in [5.41, 5.74) is 0.331. The van der Waals surface area contributed by atoms with E-state index < -0.39 is 5.91 Å². The number of aryl methyl sites for hydroxylation is 1. The number of furan rings is 1. The van der Waals surface area contributed by atoms with E-state index in [-0.39, 0.29) is 5.57 Å². The van der Waals surface area contributed by atoms with Crippen LogP contribution in [-0.4, -0.2) is 20.1 Å². The first-order valence-electron chi connectivity index (χ1n) is 6.79. The number of nitrogens with zero attached hydrogens (tertiary/aromatic N) is 1. The van der Waals surface area contributed by atoms with Crippen LogP contribution in [0.15, 0.2) is 40.3 Å². The number of anilines is 1. The number of ether oxygens (including phenoxy) is 2. The predicted molar refractivity (Wildman–Crippen MR) is 85.2 cm³/mol. The summed E-state index contributed by atoms with van der Waals surface area (Å²) in [5, 5.41) is 11.8. The third-order valence-electron chi connectivity index (χ3n) is 3.07. The van der Waals surface area contributed by atoms with Crippen LogP contribution in [0.5, 0.6) is 11.5 Å². The monoisotopic (exact) mass is 312 g/mol. The fourth-order valence-electron chi connectivity index (χ4n) is 1.92. The lowest BCUT2D eigenvalue weighted by Gasteiger charge is -2.11. The van der Waals surface area contributed by atoms with Crippen molar-refractivity contribution < 1.29 is 18.7 Å². The first-order chi connectivity index (χ1) is 11.1. The Hall–Kier alpha value is -3.20. The summed E-state index contributed by atoms with van der Waals surface area (Å²) >= 11 is 0. The lowest BCUT2D eigenvalue weighted by atomic mass is 10.2. The molecule has 23 heavy (non-hydrogen) atoms. The Kier molecular flexibility index (Phi) is 5.05. The number of carbonyl (C=O) groups is 1. The Labute approximate surface area is 133 Å². The smallest absolute Gasteiger partial charge is 0.266 e. The van der Waals surface area contributed by atoms with Gasteiger partial charge in [-0.05, 0) is 31.2 Å². The number of nitriles is 1. The topological polar surface area (TPSA) is 84.5 Å². The van der Waals surface area contributed by atoms with Crippen LogP contribution >= 0.6 is 0 Å². The van der Waals surface area contributed by atoms with Crippen LogP contribution < -0.4 is 14.8 Å². The van der Waals surface area contributed by atoms with E-state index in [4.69, 9.17) is 13.9 Å². The summed E-state index contributed by atoms with van der Waals surface area (Å²) in [7, 11) is 3.01. The number of hydrogen-bond acceptors (Lipinski definition) is 5. The molecule has 6 nitrogen and oxygen atoms in total. The Morgan fingerprint density at radius 3 is 2.61 bits per heavy atom. The minimum absolute atomic E-state index is 0.0794. The van der Waals surface area contributed by atoms with Gasteiger partial charge in [-0.3, -0.25) is 4.79 Å². The first-order valence-corrected chi connectivity index (χ1v) is 6.79. The average Bonchev–Trinajstić information content (AvgIpc) is 2.97. The maximum atomic E-state index is 12.3. The molecule has 1 amide bonds. The molecule has 1 N–H and O–H groups in total. The molecule has 0 bridgehead atoms. The Morgan fingerprint density at radius 2 is 2.04 bits per heavy atom. The zero-order valence-corrected chi connectivity index (χ0v) is 13.0. The van der Waals surface area contributed by atoms with Crippen molar-refractivity contribution in [2.75, 3.05) is 19.5 Å². The van der Waals surface area contributed by atoms with Gasteiger partial charge in [0.05, 0.1) is 19.9 Å². The summed E-state index contributed by atoms with van der Waals surface area (Å²) in [6.07, 6.45) is 1.38. The first kappa shape index (κ1) is 16.2. The van der Waals surface area contributed by atoms with Crippen molar-refractivity contribution in [2.24, 2.45) is 0 Å². The Morgan fingerprint density at radius 1 is 1.26 bits per heavy atom. The molecule has 1 aromatic heterocycles. The van der Waals surface area contributed by atoms with Crippen molar-refractivity contribution in [3.05, 3.63) is 47.4 Å². The van der Waals surface area contributed by atoms with Crippen LogP contribution in [0.3, 0.4) is 0 Å². The molecule has 0 fully saturated rings. The number of rotatable bonds is 5. The number of amides is 1. The van der Waals surface area contributed by atoms with E-state index in [0.29, 0.717) is 28.7 Å². The largest absolute Gasteiger partial charge is 0.497 e. The summed E-state index contributed by atoms with van der Waals surface area (Å²) in [4.78, 5) is 12.3. The van der Waals surface area contributed by atoms with Gasteiger partial charge in [-0.25, -0.2) is 0 Å². The Balaban J connectivity index is 2.26. The molecule has 1 heterocycles. The maximum Gasteiger partial charge on any atom is 0.266 e. The van der Waals surface area contributed by atoms with Gasteiger partial charge in [-0.1, -0.05) is 0 Å². The maximum absolute atomic E-state index is 12.3. The van der Waals surface area contributed by atoms with Crippen molar-refractivity contribution in [3.63, 3.8) is 0 Å². The van der Waals surface area contributed by atoms with Gasteiger partial charge in [0.15, 0.2) is 0 Å². The van der Waals surface area contributed by atoms with E-state index in [0.717, 1.165) is 0 Å². The number of nitrogens with one attached hydrogen (secondary N) is 1. The summed E-state index contributed by atoms with van der Waals surface area (Å²) < 4.78 is 15.7. The molecule has 1 aromatic carbocycles. The third-order valence-corrected chi connectivity index (χ3v) is 3.07. The highest BCUT2D eigenvalue weighted by atomic mass is 16.5. The van der Waals surface area contributed by atoms with Gasteiger partial charge in [0, 0.05) is 12.1 Å². The van der Waals surface area contributed by atoms with Crippen LogP contribution in [0.1, 0.15) is 11.5 Å². The van der Waals surface area contributed by atoms with E-state index in [1.807, 2.05) is 6.07 Å². The molecule has 2 rings (SSSR count). The second-order valence-electron chi connectivity index (χ2n) is 4.64. The number of methoxy groups -OCH3 is 2. The zero-order chi connectivity index (χ0) is 16.8. The van der Waals surface area contributed by atoms with Crippen molar-refractivity contribution >= 4 is 17.7 Å². The number of hydrogen-bond donors (Lipinski definition) is 1. The SMILES string of the molecule is COc1ccc(OC)c(NC(=O)/C(C#N)=C/c2ccc(C)o2)c1. The number of carbonyl (C=O) groups excluding carboxylic acids is 1. The quantitative estimate of drug-likeness (QED) is 0.677. The lowest BCUT2D eigenvalue weighted by Crippen LogP contribution is -2.14. The lowest BCUT2D eigenvalue weighted by molar-refractivity contribution is -0.112. The Bertz CT molecular complexity index is 784. The molecule has 2 aromatic rings. The zero-order valence-electron chi connectivity index (χ0n) is 13.0. The van der Waals surface area contributed by atoms with E-state index in [9.17, 15) is 10.1 Å². The summed E-state index contributed by atoms with van der Waals surface area (Å²) in [5.74, 6) is 1.60. The minimum atomic E-state index is -0.562. The van der Waals surface area contributed by atoms with Gasteiger partial charge in [0.25, 0.3) is 5.91 Å². The highest BCUT2D eigenvalue weighted by Gasteiger charge is 2.14. The van der Waals surface area contributed by atoms with E-state index in [1.54, 1.807) is 37.3 Å². The fourth-order valence-corrected chi connectivity index (χ4v) is 1.92. The minimum Gasteiger partial charge on any atom is -0.497 e. The van der Waals surface area contributed by atoms with Crippen molar-refractivity contribution in [1.82, 2.24) is 0 Å².